The minimum Gasteiger partial charge on any atom is -0.352 e. The van der Waals surface area contributed by atoms with Crippen LogP contribution < -0.4 is 10.6 Å². The molecule has 2 aromatic carbocycles. The second kappa shape index (κ2) is 10.1. The number of anilines is 1. The van der Waals surface area contributed by atoms with Crippen molar-refractivity contribution in [3.63, 3.8) is 0 Å². The maximum absolute atomic E-state index is 12.3. The van der Waals surface area contributed by atoms with E-state index in [0.717, 1.165) is 16.1 Å². The molecule has 0 fully saturated rings. The van der Waals surface area contributed by atoms with Gasteiger partial charge in [-0.05, 0) is 43.2 Å². The van der Waals surface area contributed by atoms with E-state index < -0.39 is 0 Å². The summed E-state index contributed by atoms with van der Waals surface area (Å²) in [5, 5.41) is 15.4. The second-order valence-electron chi connectivity index (χ2n) is 6.58. The SMILES string of the molecule is Cc1ccc(NC(=O)c2nnc(CCCC(=O)NCc3cccc(Cl)c3)s2)cc1. The minimum absolute atomic E-state index is 0.0353. The van der Waals surface area contributed by atoms with E-state index in [1.54, 1.807) is 6.07 Å². The van der Waals surface area contributed by atoms with Gasteiger partial charge in [0, 0.05) is 30.1 Å². The van der Waals surface area contributed by atoms with Gasteiger partial charge in [0.2, 0.25) is 10.9 Å². The number of halogens is 1. The number of hydrogen-bond acceptors (Lipinski definition) is 5. The summed E-state index contributed by atoms with van der Waals surface area (Å²) in [5.41, 5.74) is 2.80. The van der Waals surface area contributed by atoms with Crippen LogP contribution in [0.25, 0.3) is 0 Å². The Kier molecular flexibility index (Phi) is 7.32. The van der Waals surface area contributed by atoms with Gasteiger partial charge in [0.05, 0.1) is 0 Å². The molecule has 0 spiro atoms. The molecular formula is C21H21ClN4O2S. The van der Waals surface area contributed by atoms with E-state index in [4.69, 9.17) is 11.6 Å². The molecular weight excluding hydrogens is 408 g/mol. The molecule has 2 N–H and O–H groups in total. The minimum atomic E-state index is -0.281. The molecule has 6 nitrogen and oxygen atoms in total. The van der Waals surface area contributed by atoms with Crippen LogP contribution in [0.15, 0.2) is 48.5 Å². The van der Waals surface area contributed by atoms with Crippen molar-refractivity contribution in [3.8, 4) is 0 Å². The van der Waals surface area contributed by atoms with E-state index in [-0.39, 0.29) is 11.8 Å². The van der Waals surface area contributed by atoms with Crippen LogP contribution in [0.2, 0.25) is 5.02 Å². The van der Waals surface area contributed by atoms with Gasteiger partial charge in [-0.25, -0.2) is 0 Å². The number of carbonyl (C=O) groups is 2. The third-order valence-corrected chi connectivity index (χ3v) is 5.36. The lowest BCUT2D eigenvalue weighted by atomic mass is 10.2. The van der Waals surface area contributed by atoms with E-state index in [1.807, 2.05) is 49.4 Å². The summed E-state index contributed by atoms with van der Waals surface area (Å²) in [6, 6.07) is 14.9. The highest BCUT2D eigenvalue weighted by atomic mass is 35.5. The summed E-state index contributed by atoms with van der Waals surface area (Å²) in [5.74, 6) is -0.316. The molecule has 0 aliphatic rings. The van der Waals surface area contributed by atoms with Crippen molar-refractivity contribution >= 4 is 40.4 Å². The number of hydrogen-bond donors (Lipinski definition) is 2. The molecule has 0 saturated heterocycles. The van der Waals surface area contributed by atoms with Crippen molar-refractivity contribution in [2.24, 2.45) is 0 Å². The molecule has 0 unspecified atom stereocenters. The molecule has 0 saturated carbocycles. The van der Waals surface area contributed by atoms with Crippen molar-refractivity contribution in [1.82, 2.24) is 15.5 Å². The van der Waals surface area contributed by atoms with Crippen LogP contribution in [-0.4, -0.2) is 22.0 Å². The van der Waals surface area contributed by atoms with Crippen molar-refractivity contribution < 1.29 is 9.59 Å². The number of benzene rings is 2. The fourth-order valence-electron chi connectivity index (χ4n) is 2.60. The lowest BCUT2D eigenvalue weighted by molar-refractivity contribution is -0.121. The van der Waals surface area contributed by atoms with E-state index in [9.17, 15) is 9.59 Å². The molecule has 0 bridgehead atoms. The molecule has 29 heavy (non-hydrogen) atoms. The molecule has 0 radical (unpaired) electrons. The number of aromatic nitrogens is 2. The Balaban J connectivity index is 1.41. The van der Waals surface area contributed by atoms with E-state index in [0.29, 0.717) is 41.5 Å². The van der Waals surface area contributed by atoms with Gasteiger partial charge in [-0.2, -0.15) is 0 Å². The molecule has 0 aliphatic carbocycles. The van der Waals surface area contributed by atoms with E-state index in [2.05, 4.69) is 20.8 Å². The normalized spacial score (nSPS) is 10.6. The highest BCUT2D eigenvalue weighted by molar-refractivity contribution is 7.13. The summed E-state index contributed by atoms with van der Waals surface area (Å²) >= 11 is 7.18. The first-order valence-corrected chi connectivity index (χ1v) is 10.4. The maximum atomic E-state index is 12.3. The van der Waals surface area contributed by atoms with Gasteiger partial charge in [0.15, 0.2) is 0 Å². The van der Waals surface area contributed by atoms with Crippen LogP contribution in [0.3, 0.4) is 0 Å². The zero-order valence-corrected chi connectivity index (χ0v) is 17.5. The predicted molar refractivity (Wildman–Crippen MR) is 115 cm³/mol. The summed E-state index contributed by atoms with van der Waals surface area (Å²) in [4.78, 5) is 24.3. The summed E-state index contributed by atoms with van der Waals surface area (Å²) in [7, 11) is 0. The van der Waals surface area contributed by atoms with Gasteiger partial charge in [0.25, 0.3) is 5.91 Å². The second-order valence-corrected chi connectivity index (χ2v) is 8.08. The Morgan fingerprint density at radius 3 is 2.66 bits per heavy atom. The van der Waals surface area contributed by atoms with Crippen molar-refractivity contribution in [2.45, 2.75) is 32.7 Å². The zero-order chi connectivity index (χ0) is 20.6. The predicted octanol–water partition coefficient (Wildman–Crippen LogP) is 4.39. The fraction of sp³-hybridized carbons (Fsp3) is 0.238. The quantitative estimate of drug-likeness (QED) is 0.557. The topological polar surface area (TPSA) is 84.0 Å². The van der Waals surface area contributed by atoms with E-state index >= 15 is 0 Å². The zero-order valence-electron chi connectivity index (χ0n) is 15.9. The molecule has 1 aromatic heterocycles. The average Bonchev–Trinajstić information content (AvgIpc) is 3.17. The number of carbonyl (C=O) groups excluding carboxylic acids is 2. The van der Waals surface area contributed by atoms with Crippen LogP contribution in [0, 0.1) is 6.92 Å². The van der Waals surface area contributed by atoms with Crippen LogP contribution in [0.5, 0.6) is 0 Å². The Hall–Kier alpha value is -2.77. The summed E-state index contributed by atoms with van der Waals surface area (Å²) in [6.45, 7) is 2.43. The highest BCUT2D eigenvalue weighted by Gasteiger charge is 2.13. The Morgan fingerprint density at radius 1 is 1.10 bits per heavy atom. The van der Waals surface area contributed by atoms with Crippen molar-refractivity contribution in [1.29, 1.82) is 0 Å². The van der Waals surface area contributed by atoms with Crippen molar-refractivity contribution in [3.05, 3.63) is 74.7 Å². The van der Waals surface area contributed by atoms with Crippen molar-refractivity contribution in [2.75, 3.05) is 5.32 Å². The molecule has 0 atom stereocenters. The number of rotatable bonds is 8. The lowest BCUT2D eigenvalue weighted by Gasteiger charge is -2.05. The first kappa shape index (κ1) is 21.0. The molecule has 1 heterocycles. The van der Waals surface area contributed by atoms with Crippen LogP contribution in [-0.2, 0) is 17.8 Å². The standard InChI is InChI=1S/C21H21ClN4O2S/c1-14-8-10-17(11-9-14)24-20(28)21-26-25-19(29-21)7-3-6-18(27)23-13-15-4-2-5-16(22)12-15/h2,4-5,8-12H,3,6-7,13H2,1H3,(H,23,27)(H,24,28). The van der Waals surface area contributed by atoms with Gasteiger partial charge in [-0.3, -0.25) is 9.59 Å². The summed E-state index contributed by atoms with van der Waals surface area (Å²) in [6.07, 6.45) is 1.61. The molecule has 3 rings (SSSR count). The fourth-order valence-corrected chi connectivity index (χ4v) is 3.59. The smallest absolute Gasteiger partial charge is 0.286 e. The van der Waals surface area contributed by atoms with Crippen LogP contribution >= 0.6 is 22.9 Å². The van der Waals surface area contributed by atoms with Crippen LogP contribution in [0.1, 0.15) is 38.8 Å². The van der Waals surface area contributed by atoms with Gasteiger partial charge in [0.1, 0.15) is 5.01 Å². The molecule has 8 heteroatoms. The Morgan fingerprint density at radius 2 is 1.90 bits per heavy atom. The summed E-state index contributed by atoms with van der Waals surface area (Å²) < 4.78 is 0. The van der Waals surface area contributed by atoms with Gasteiger partial charge in [-0.15, -0.1) is 10.2 Å². The molecule has 0 aliphatic heterocycles. The van der Waals surface area contributed by atoms with E-state index in [1.165, 1.54) is 11.3 Å². The number of nitrogens with zero attached hydrogens (tertiary/aromatic N) is 2. The van der Waals surface area contributed by atoms with Crippen LogP contribution in [0.4, 0.5) is 5.69 Å². The number of amides is 2. The molecule has 3 aromatic rings. The number of aryl methyl sites for hydroxylation is 2. The van der Waals surface area contributed by atoms with Gasteiger partial charge in [-0.1, -0.05) is 52.8 Å². The Labute approximate surface area is 178 Å². The van der Waals surface area contributed by atoms with Gasteiger partial charge < -0.3 is 10.6 Å². The van der Waals surface area contributed by atoms with Gasteiger partial charge >= 0.3 is 0 Å². The lowest BCUT2D eigenvalue weighted by Crippen LogP contribution is -2.22. The number of nitrogens with one attached hydrogen (secondary N) is 2. The monoisotopic (exact) mass is 428 g/mol. The molecule has 2 amide bonds. The third kappa shape index (κ3) is 6.66. The first-order chi connectivity index (χ1) is 14.0. The third-order valence-electron chi connectivity index (χ3n) is 4.14. The largest absolute Gasteiger partial charge is 0.352 e. The highest BCUT2D eigenvalue weighted by Crippen LogP contribution is 2.16. The average molecular weight is 429 g/mol. The molecule has 150 valence electrons. The maximum Gasteiger partial charge on any atom is 0.286 e. The Bertz CT molecular complexity index is 988. The first-order valence-electron chi connectivity index (χ1n) is 9.21.